The van der Waals surface area contributed by atoms with Crippen LogP contribution >= 0.6 is 34.8 Å². The molecule has 3 N–H and O–H groups in total. The van der Waals surface area contributed by atoms with E-state index in [0.29, 0.717) is 38.0 Å². The molecule has 38 heavy (non-hydrogen) atoms. The first-order valence-electron chi connectivity index (χ1n) is 11.9. The molecule has 0 fully saturated rings. The first kappa shape index (κ1) is 28.0. The number of hydrogen-bond acceptors (Lipinski definition) is 6. The van der Waals surface area contributed by atoms with Crippen LogP contribution in [0.5, 0.6) is 17.2 Å². The van der Waals surface area contributed by atoms with Gasteiger partial charge in [-0.3, -0.25) is 9.59 Å². The average molecular weight is 579 g/mol. The molecule has 0 aromatic heterocycles. The smallest absolute Gasteiger partial charge is 0.244 e. The highest BCUT2D eigenvalue weighted by atomic mass is 35.5. The molecule has 200 valence electrons. The Morgan fingerprint density at radius 1 is 0.947 bits per heavy atom. The molecule has 0 radical (unpaired) electrons. The lowest BCUT2D eigenvalue weighted by atomic mass is 10.1. The molecule has 1 heterocycles. The maximum atomic E-state index is 13.3. The second-order valence-electron chi connectivity index (χ2n) is 8.52. The summed E-state index contributed by atoms with van der Waals surface area (Å²) in [4.78, 5) is 27.7. The fraction of sp³-hybridized carbons (Fsp3) is 0.259. The lowest BCUT2D eigenvalue weighted by Crippen LogP contribution is -2.49. The van der Waals surface area contributed by atoms with E-state index in [2.05, 4.69) is 5.32 Å². The van der Waals surface area contributed by atoms with Gasteiger partial charge in [0.25, 0.3) is 0 Å². The molecule has 3 aromatic rings. The van der Waals surface area contributed by atoms with Crippen LogP contribution in [0.2, 0.25) is 15.1 Å². The number of anilines is 1. The first-order valence-corrected chi connectivity index (χ1v) is 13.0. The van der Waals surface area contributed by atoms with Crippen molar-refractivity contribution >= 4 is 52.3 Å². The van der Waals surface area contributed by atoms with Gasteiger partial charge in [0.1, 0.15) is 6.61 Å². The first-order chi connectivity index (χ1) is 18.3. The molecule has 1 atom stereocenters. The number of carbonyl (C=O) groups is 2. The average Bonchev–Trinajstić information content (AvgIpc) is 2.89. The van der Waals surface area contributed by atoms with Crippen LogP contribution in [0, 0.1) is 0 Å². The molecule has 0 unspecified atom stereocenters. The number of benzene rings is 3. The van der Waals surface area contributed by atoms with E-state index in [9.17, 15) is 9.59 Å². The molecule has 1 aliphatic rings. The third-order valence-corrected chi connectivity index (χ3v) is 6.65. The molecule has 11 heteroatoms. The molecule has 2 amide bonds. The molecule has 4 rings (SSSR count). The Balaban J connectivity index is 1.54. The quantitative estimate of drug-likeness (QED) is 0.444. The van der Waals surface area contributed by atoms with Crippen LogP contribution in [0.3, 0.4) is 0 Å². The van der Waals surface area contributed by atoms with Crippen molar-refractivity contribution in [3.8, 4) is 17.2 Å². The largest absolute Gasteiger partial charge is 0.487 e. The number of para-hydroxylation sites is 2. The molecule has 0 bridgehead atoms. The molecule has 0 spiro atoms. The summed E-state index contributed by atoms with van der Waals surface area (Å²) in [5.74, 6) is 0.477. The monoisotopic (exact) mass is 577 g/mol. The van der Waals surface area contributed by atoms with Gasteiger partial charge >= 0.3 is 0 Å². The zero-order chi connectivity index (χ0) is 27.1. The molecule has 3 aromatic carbocycles. The van der Waals surface area contributed by atoms with Crippen LogP contribution < -0.4 is 20.5 Å². The third kappa shape index (κ3) is 7.52. The molecule has 0 saturated heterocycles. The highest BCUT2D eigenvalue weighted by Gasteiger charge is 2.24. The summed E-state index contributed by atoms with van der Waals surface area (Å²) in [7, 11) is 0. The van der Waals surface area contributed by atoms with Crippen molar-refractivity contribution < 1.29 is 23.8 Å². The minimum Gasteiger partial charge on any atom is -0.487 e. The molecule has 8 nitrogen and oxygen atoms in total. The van der Waals surface area contributed by atoms with E-state index in [4.69, 9.17) is 54.7 Å². The Kier molecular flexibility index (Phi) is 9.71. The van der Waals surface area contributed by atoms with Gasteiger partial charge in [-0.1, -0.05) is 53.0 Å². The summed E-state index contributed by atoms with van der Waals surface area (Å²) in [5, 5.41) is 3.97. The number of carbonyl (C=O) groups excluding carboxylic acids is 2. The predicted molar refractivity (Wildman–Crippen MR) is 148 cm³/mol. The Morgan fingerprint density at radius 2 is 1.74 bits per heavy atom. The van der Waals surface area contributed by atoms with E-state index in [1.54, 1.807) is 48.5 Å². The summed E-state index contributed by atoms with van der Waals surface area (Å²) in [6.45, 7) is 0.607. The summed E-state index contributed by atoms with van der Waals surface area (Å²) in [5.41, 5.74) is 7.33. The van der Waals surface area contributed by atoms with Crippen LogP contribution in [0.1, 0.15) is 5.56 Å². The normalized spacial score (nSPS) is 15.5. The zero-order valence-corrected chi connectivity index (χ0v) is 22.6. The van der Waals surface area contributed by atoms with Gasteiger partial charge in [-0.25, -0.2) is 0 Å². The summed E-state index contributed by atoms with van der Waals surface area (Å²) in [6, 6.07) is 16.2. The van der Waals surface area contributed by atoms with Crippen LogP contribution in [0.25, 0.3) is 0 Å². The number of nitrogens with zero attached hydrogens (tertiary/aromatic N) is 1. The highest BCUT2D eigenvalue weighted by Crippen LogP contribution is 2.36. The van der Waals surface area contributed by atoms with Gasteiger partial charge in [0.2, 0.25) is 11.8 Å². The van der Waals surface area contributed by atoms with Crippen LogP contribution in [-0.2, 0) is 20.7 Å². The van der Waals surface area contributed by atoms with E-state index in [-0.39, 0.29) is 39.3 Å². The van der Waals surface area contributed by atoms with Gasteiger partial charge in [0.05, 0.1) is 41.5 Å². The van der Waals surface area contributed by atoms with Crippen molar-refractivity contribution in [2.24, 2.45) is 5.73 Å². The number of halogens is 3. The Hall–Kier alpha value is -3.01. The van der Waals surface area contributed by atoms with Crippen molar-refractivity contribution in [2.75, 3.05) is 38.2 Å². The molecule has 0 saturated carbocycles. The SMILES string of the molecule is N[C@@H](Cc1ccc(Cl)c(Cl)c1)C(=O)N1CCOCCOc2ccccc2Oc2ccc(Cl)cc2NC(=O)C1. The van der Waals surface area contributed by atoms with Crippen LogP contribution in [-0.4, -0.2) is 55.7 Å². The van der Waals surface area contributed by atoms with E-state index < -0.39 is 17.9 Å². The highest BCUT2D eigenvalue weighted by molar-refractivity contribution is 6.42. The number of hydrogen-bond donors (Lipinski definition) is 2. The summed E-state index contributed by atoms with van der Waals surface area (Å²) >= 11 is 18.3. The van der Waals surface area contributed by atoms with Crippen LogP contribution in [0.15, 0.2) is 60.7 Å². The Labute approximate surface area is 235 Å². The lowest BCUT2D eigenvalue weighted by Gasteiger charge is -2.25. The van der Waals surface area contributed by atoms with Crippen molar-refractivity contribution in [1.82, 2.24) is 4.90 Å². The van der Waals surface area contributed by atoms with Gasteiger partial charge in [-0.15, -0.1) is 0 Å². The number of nitrogens with two attached hydrogens (primary N) is 1. The number of fused-ring (bicyclic) bond motifs is 2. The third-order valence-electron chi connectivity index (χ3n) is 5.68. The number of ether oxygens (including phenoxy) is 3. The van der Waals surface area contributed by atoms with Gasteiger partial charge in [0, 0.05) is 11.6 Å². The second-order valence-corrected chi connectivity index (χ2v) is 9.77. The number of amides is 2. The van der Waals surface area contributed by atoms with Crippen molar-refractivity contribution in [3.05, 3.63) is 81.3 Å². The standard InChI is InChI=1S/C27H26Cl3N3O5/c28-18-6-8-23-22(15-18)32-26(34)16-33(27(35)21(31)14-17-5-7-19(29)20(30)13-17)9-10-36-11-12-37-24-3-1-2-4-25(24)38-23/h1-8,13,15,21H,9-12,14,16,31H2,(H,32,34)/t21-/m0/s1. The van der Waals surface area contributed by atoms with Crippen molar-refractivity contribution in [1.29, 1.82) is 0 Å². The maximum Gasteiger partial charge on any atom is 0.244 e. The zero-order valence-electron chi connectivity index (χ0n) is 20.3. The van der Waals surface area contributed by atoms with E-state index >= 15 is 0 Å². The maximum absolute atomic E-state index is 13.3. The topological polar surface area (TPSA) is 103 Å². The second kappa shape index (κ2) is 13.2. The summed E-state index contributed by atoms with van der Waals surface area (Å²) < 4.78 is 17.6. The predicted octanol–water partition coefficient (Wildman–Crippen LogP) is 5.19. The van der Waals surface area contributed by atoms with Gasteiger partial charge in [-0.2, -0.15) is 0 Å². The fourth-order valence-corrected chi connectivity index (χ4v) is 4.31. The molecular weight excluding hydrogens is 553 g/mol. The van der Waals surface area contributed by atoms with Crippen molar-refractivity contribution in [2.45, 2.75) is 12.5 Å². The van der Waals surface area contributed by atoms with E-state index in [1.807, 2.05) is 12.1 Å². The Bertz CT molecular complexity index is 1310. The fourth-order valence-electron chi connectivity index (χ4n) is 3.82. The van der Waals surface area contributed by atoms with Crippen molar-refractivity contribution in [3.63, 3.8) is 0 Å². The lowest BCUT2D eigenvalue weighted by molar-refractivity contribution is -0.136. The minimum atomic E-state index is -0.912. The number of nitrogens with one attached hydrogen (secondary N) is 1. The van der Waals surface area contributed by atoms with E-state index in [0.717, 1.165) is 5.56 Å². The van der Waals surface area contributed by atoms with Crippen LogP contribution in [0.4, 0.5) is 5.69 Å². The molecule has 0 aliphatic carbocycles. The van der Waals surface area contributed by atoms with Gasteiger partial charge in [-0.05, 0) is 54.4 Å². The summed E-state index contributed by atoms with van der Waals surface area (Å²) in [6.07, 6.45) is 0.215. The van der Waals surface area contributed by atoms with Gasteiger partial charge in [0.15, 0.2) is 17.2 Å². The Morgan fingerprint density at radius 3 is 2.53 bits per heavy atom. The van der Waals surface area contributed by atoms with Gasteiger partial charge < -0.3 is 30.2 Å². The minimum absolute atomic E-state index is 0.150. The number of rotatable bonds is 3. The van der Waals surface area contributed by atoms with E-state index in [1.165, 1.54) is 4.90 Å². The molecular formula is C27H26Cl3N3O5. The molecule has 1 aliphatic heterocycles.